The Kier molecular flexibility index (Phi) is 3.55. The van der Waals surface area contributed by atoms with Crippen LogP contribution in [0, 0.1) is 6.92 Å². The fourth-order valence-electron chi connectivity index (χ4n) is 2.73. The molecule has 5 nitrogen and oxygen atoms in total. The van der Waals surface area contributed by atoms with Crippen molar-refractivity contribution in [3.8, 4) is 17.4 Å². The largest absolute Gasteiger partial charge is 0.455 e. The molecule has 1 aromatic heterocycles. The van der Waals surface area contributed by atoms with E-state index in [0.29, 0.717) is 5.88 Å². The molecule has 0 saturated heterocycles. The van der Waals surface area contributed by atoms with Crippen LogP contribution in [0.4, 0.5) is 11.4 Å². The first-order valence-corrected chi connectivity index (χ1v) is 7.72. The van der Waals surface area contributed by atoms with E-state index in [-0.39, 0.29) is 0 Å². The molecule has 2 N–H and O–H groups in total. The maximum atomic E-state index is 6.11. The molecular weight excluding hydrogens is 302 g/mol. The number of para-hydroxylation sites is 2. The Morgan fingerprint density at radius 1 is 1.04 bits per heavy atom. The van der Waals surface area contributed by atoms with Gasteiger partial charge in [0.1, 0.15) is 11.5 Å². The first-order valence-electron chi connectivity index (χ1n) is 7.72. The van der Waals surface area contributed by atoms with Crippen LogP contribution in [0.1, 0.15) is 5.56 Å². The summed E-state index contributed by atoms with van der Waals surface area (Å²) in [5.74, 6) is 2.12. The number of nitrogens with zero attached hydrogens (tertiary/aromatic N) is 2. The van der Waals surface area contributed by atoms with Crippen LogP contribution in [0.3, 0.4) is 0 Å². The fraction of sp³-hybridized carbons (Fsp3) is 0.105. The Hall–Kier alpha value is -3.05. The van der Waals surface area contributed by atoms with Crippen LogP contribution in [0.25, 0.3) is 0 Å². The van der Waals surface area contributed by atoms with Crippen LogP contribution in [0.5, 0.6) is 17.4 Å². The molecule has 5 heteroatoms. The highest BCUT2D eigenvalue weighted by Crippen LogP contribution is 2.40. The predicted molar refractivity (Wildman–Crippen MR) is 92.7 cm³/mol. The number of fused-ring (bicyclic) bond motifs is 1. The normalized spacial score (nSPS) is 15.8. The molecule has 0 saturated carbocycles. The van der Waals surface area contributed by atoms with Crippen LogP contribution in [0.2, 0.25) is 0 Å². The summed E-state index contributed by atoms with van der Waals surface area (Å²) in [5, 5.41) is 0. The summed E-state index contributed by atoms with van der Waals surface area (Å²) in [6.45, 7) is 1.97. The van der Waals surface area contributed by atoms with Crippen LogP contribution < -0.4 is 20.1 Å². The van der Waals surface area contributed by atoms with E-state index in [9.17, 15) is 0 Å². The molecule has 3 aromatic rings. The number of aromatic nitrogens is 1. The minimum Gasteiger partial charge on any atom is -0.455 e. The summed E-state index contributed by atoms with van der Waals surface area (Å²) in [5.41, 5.74) is 9.00. The zero-order valence-electron chi connectivity index (χ0n) is 13.2. The van der Waals surface area contributed by atoms with E-state index in [2.05, 4.69) is 4.98 Å². The number of rotatable bonds is 3. The summed E-state index contributed by atoms with van der Waals surface area (Å²) in [6, 6.07) is 19.4. The van der Waals surface area contributed by atoms with Gasteiger partial charge in [0.05, 0.1) is 5.69 Å². The third kappa shape index (κ3) is 2.55. The molecule has 0 aliphatic carbocycles. The van der Waals surface area contributed by atoms with E-state index in [1.54, 1.807) is 6.20 Å². The lowest BCUT2D eigenvalue weighted by Gasteiger charge is -2.22. The molecule has 120 valence electrons. The second kappa shape index (κ2) is 5.86. The minimum absolute atomic E-state index is 0.535. The number of anilines is 2. The molecule has 1 aliphatic rings. The van der Waals surface area contributed by atoms with Gasteiger partial charge in [0.2, 0.25) is 12.2 Å². The molecule has 4 rings (SSSR count). The molecule has 1 atom stereocenters. The maximum absolute atomic E-state index is 6.11. The summed E-state index contributed by atoms with van der Waals surface area (Å²) >= 11 is 0. The highest BCUT2D eigenvalue weighted by atomic mass is 16.5. The topological polar surface area (TPSA) is 60.6 Å². The second-order valence-corrected chi connectivity index (χ2v) is 5.57. The molecule has 1 unspecified atom stereocenters. The first kappa shape index (κ1) is 14.5. The van der Waals surface area contributed by atoms with Gasteiger partial charge in [-0.05, 0) is 49.4 Å². The Labute approximate surface area is 140 Å². The third-order valence-electron chi connectivity index (χ3n) is 3.92. The van der Waals surface area contributed by atoms with Crippen molar-refractivity contribution in [3.05, 3.63) is 72.4 Å². The van der Waals surface area contributed by atoms with Crippen LogP contribution in [-0.2, 0) is 0 Å². The van der Waals surface area contributed by atoms with E-state index in [1.165, 1.54) is 0 Å². The number of hydrogen-bond acceptors (Lipinski definition) is 5. The Morgan fingerprint density at radius 2 is 1.83 bits per heavy atom. The van der Waals surface area contributed by atoms with Gasteiger partial charge in [-0.1, -0.05) is 18.2 Å². The lowest BCUT2D eigenvalue weighted by atomic mass is 10.2. The molecule has 1 aliphatic heterocycles. The van der Waals surface area contributed by atoms with Gasteiger partial charge in [-0.2, -0.15) is 0 Å². The lowest BCUT2D eigenvalue weighted by molar-refractivity contribution is 0.243. The van der Waals surface area contributed by atoms with Gasteiger partial charge >= 0.3 is 0 Å². The van der Waals surface area contributed by atoms with Crippen LogP contribution in [-0.4, -0.2) is 11.3 Å². The number of ether oxygens (including phenoxy) is 2. The van der Waals surface area contributed by atoms with Gasteiger partial charge in [-0.25, -0.2) is 4.98 Å². The molecule has 0 bridgehead atoms. The molecule has 0 spiro atoms. The third-order valence-corrected chi connectivity index (χ3v) is 3.92. The van der Waals surface area contributed by atoms with Crippen molar-refractivity contribution in [2.45, 2.75) is 13.3 Å². The molecule has 2 heterocycles. The smallest absolute Gasteiger partial charge is 0.232 e. The zero-order valence-corrected chi connectivity index (χ0v) is 13.2. The summed E-state index contributed by atoms with van der Waals surface area (Å²) in [4.78, 5) is 6.19. The van der Waals surface area contributed by atoms with Crippen LogP contribution in [0.15, 0.2) is 66.9 Å². The van der Waals surface area contributed by atoms with Crippen molar-refractivity contribution in [1.82, 2.24) is 4.98 Å². The maximum Gasteiger partial charge on any atom is 0.232 e. The Balaban J connectivity index is 1.60. The van der Waals surface area contributed by atoms with Gasteiger partial charge in [-0.15, -0.1) is 0 Å². The monoisotopic (exact) mass is 319 g/mol. The lowest BCUT2D eigenvalue weighted by Crippen LogP contribution is -2.38. The van der Waals surface area contributed by atoms with E-state index in [0.717, 1.165) is 28.4 Å². The Morgan fingerprint density at radius 3 is 2.62 bits per heavy atom. The Bertz CT molecular complexity index is 864. The molecular formula is C19H17N3O2. The molecule has 24 heavy (non-hydrogen) atoms. The second-order valence-electron chi connectivity index (χ2n) is 5.57. The number of nitrogens with two attached hydrogens (primary N) is 1. The number of pyridine rings is 1. The van der Waals surface area contributed by atoms with Crippen molar-refractivity contribution in [1.29, 1.82) is 0 Å². The van der Waals surface area contributed by atoms with Crippen molar-refractivity contribution in [2.24, 2.45) is 5.73 Å². The zero-order chi connectivity index (χ0) is 16.5. The molecule has 0 amide bonds. The van der Waals surface area contributed by atoms with Gasteiger partial charge in [0.25, 0.3) is 0 Å². The van der Waals surface area contributed by atoms with E-state index in [1.807, 2.05) is 72.5 Å². The van der Waals surface area contributed by atoms with Crippen molar-refractivity contribution in [3.63, 3.8) is 0 Å². The fourth-order valence-corrected chi connectivity index (χ4v) is 2.73. The SMILES string of the molecule is Cc1cccnc1Oc1ccc(N2c3ccccc3OC2N)cc1. The molecule has 0 radical (unpaired) electrons. The van der Waals surface area contributed by atoms with E-state index < -0.39 is 6.35 Å². The average Bonchev–Trinajstić information content (AvgIpc) is 2.93. The standard InChI is InChI=1S/C19H17N3O2/c1-13-5-4-12-21-18(13)23-15-10-8-14(9-11-15)22-16-6-2-3-7-17(16)24-19(22)20/h2-12,19H,20H2,1H3. The predicted octanol–water partition coefficient (Wildman–Crippen LogP) is 3.96. The first-order chi connectivity index (χ1) is 11.7. The quantitative estimate of drug-likeness (QED) is 0.792. The van der Waals surface area contributed by atoms with Gasteiger partial charge in [-0.3, -0.25) is 10.6 Å². The van der Waals surface area contributed by atoms with Crippen molar-refractivity contribution < 1.29 is 9.47 Å². The summed E-state index contributed by atoms with van der Waals surface area (Å²) in [7, 11) is 0. The summed E-state index contributed by atoms with van der Waals surface area (Å²) < 4.78 is 11.5. The van der Waals surface area contributed by atoms with E-state index >= 15 is 0 Å². The highest BCUT2D eigenvalue weighted by Gasteiger charge is 2.28. The van der Waals surface area contributed by atoms with Gasteiger partial charge < -0.3 is 9.47 Å². The number of hydrogen-bond donors (Lipinski definition) is 1. The molecule has 2 aromatic carbocycles. The summed E-state index contributed by atoms with van der Waals surface area (Å²) in [6.07, 6.45) is 1.18. The van der Waals surface area contributed by atoms with Crippen molar-refractivity contribution >= 4 is 11.4 Å². The van der Waals surface area contributed by atoms with Crippen LogP contribution >= 0.6 is 0 Å². The number of benzene rings is 2. The highest BCUT2D eigenvalue weighted by molar-refractivity contribution is 5.72. The average molecular weight is 319 g/mol. The van der Waals surface area contributed by atoms with Crippen molar-refractivity contribution in [2.75, 3.05) is 4.90 Å². The van der Waals surface area contributed by atoms with Gasteiger partial charge in [0.15, 0.2) is 0 Å². The molecule has 0 fully saturated rings. The minimum atomic E-state index is -0.535. The van der Waals surface area contributed by atoms with Gasteiger partial charge in [0, 0.05) is 17.4 Å². The van der Waals surface area contributed by atoms with E-state index in [4.69, 9.17) is 15.2 Å². The number of aryl methyl sites for hydroxylation is 1.